The summed E-state index contributed by atoms with van der Waals surface area (Å²) in [4.78, 5) is 13.4. The van der Waals surface area contributed by atoms with E-state index in [1.807, 2.05) is 0 Å². The van der Waals surface area contributed by atoms with E-state index < -0.39 is 86.8 Å². The third-order valence-corrected chi connectivity index (χ3v) is 20.6. The molecule has 0 aliphatic carbocycles. The Morgan fingerprint density at radius 1 is 0.378 bits per heavy atom. The number of hydrogen-bond donors (Lipinski definition) is 9. The average molecular weight is 1390 g/mol. The van der Waals surface area contributed by atoms with E-state index in [0.717, 1.165) is 77.0 Å². The van der Waals surface area contributed by atoms with Crippen LogP contribution in [0.1, 0.15) is 386 Å². The molecule has 12 atom stereocenters. The van der Waals surface area contributed by atoms with Crippen molar-refractivity contribution in [1.29, 1.82) is 0 Å². The SMILES string of the molecule is CC/C=C\C/C=C\C/C=C\C/C=C\CCCCCCCCCCCCCCCCCCCCCCCCCCCCCCC(=O)NC(COC1OC(CO)C(OC2OC(CO)C(O)C(O)C2O)C(O)C1O)C(O)CCCCCCCCCCCCCCCCCCCCCCCCC. The zero-order valence-corrected chi connectivity index (χ0v) is 63.3. The van der Waals surface area contributed by atoms with Crippen LogP contribution in [0.2, 0.25) is 0 Å². The fourth-order valence-corrected chi connectivity index (χ4v) is 14.0. The molecule has 14 heteroatoms. The highest BCUT2D eigenvalue weighted by molar-refractivity contribution is 5.76. The summed E-state index contributed by atoms with van der Waals surface area (Å²) in [6, 6.07) is -0.828. The lowest BCUT2D eigenvalue weighted by Gasteiger charge is -2.46. The predicted molar refractivity (Wildman–Crippen MR) is 406 cm³/mol. The highest BCUT2D eigenvalue weighted by Crippen LogP contribution is 2.31. The molecular formula is C84H157NO13. The quantitative estimate of drug-likeness (QED) is 0.0204. The first-order valence-corrected chi connectivity index (χ1v) is 41.9. The zero-order chi connectivity index (χ0) is 70.8. The van der Waals surface area contributed by atoms with Gasteiger partial charge < -0.3 is 65.1 Å². The number of carbonyl (C=O) groups excluding carboxylic acids is 1. The standard InChI is InChI=1S/C84H157NO13/c1-3-5-7-9-11-13-15-17-19-21-23-25-27-28-29-30-31-32-33-34-35-36-37-38-39-40-41-42-43-44-46-48-50-52-54-56-58-60-62-64-66-68-76(89)85-72(71-95-83-81(94)79(92)82(75(70-87)97-83)98-84-80(93)78(91)77(90)74(69-86)96-84)73(88)67-65-63-61-59-57-55-53-51-49-47-45-26-24-22-20-18-16-14-12-10-8-6-4-2/h5,7,11,13,17,19,23,25,72-75,77-84,86-88,90-94H,3-4,6,8-10,12,14-16,18,20-22,24,26-71H2,1-2H3,(H,85,89)/b7-5-,13-11-,19-17-,25-23-. The maximum Gasteiger partial charge on any atom is 0.220 e. The summed E-state index contributed by atoms with van der Waals surface area (Å²) in [6.07, 6.45) is 74.6. The molecule has 9 N–H and O–H groups in total. The minimum Gasteiger partial charge on any atom is -0.394 e. The number of aliphatic hydroxyl groups is 8. The second kappa shape index (κ2) is 68.1. The second-order valence-electron chi connectivity index (χ2n) is 29.6. The minimum atomic E-state index is -1.78. The largest absolute Gasteiger partial charge is 0.394 e. The van der Waals surface area contributed by atoms with Crippen LogP contribution < -0.4 is 5.32 Å². The van der Waals surface area contributed by atoms with Gasteiger partial charge in [-0.05, 0) is 51.4 Å². The van der Waals surface area contributed by atoms with Crippen molar-refractivity contribution in [3.05, 3.63) is 48.6 Å². The molecule has 12 unspecified atom stereocenters. The normalized spacial score (nSPS) is 22.2. The Balaban J connectivity index is 1.54. The summed E-state index contributed by atoms with van der Waals surface area (Å²) in [5.41, 5.74) is 0. The van der Waals surface area contributed by atoms with Crippen LogP contribution in [0, 0.1) is 0 Å². The third-order valence-electron chi connectivity index (χ3n) is 20.6. The Bertz CT molecular complexity index is 1830. The lowest BCUT2D eigenvalue weighted by Crippen LogP contribution is -2.65. The van der Waals surface area contributed by atoms with E-state index in [4.69, 9.17) is 18.9 Å². The Hall–Kier alpha value is -2.05. The lowest BCUT2D eigenvalue weighted by molar-refractivity contribution is -0.359. The van der Waals surface area contributed by atoms with Gasteiger partial charge in [0.1, 0.15) is 48.8 Å². The van der Waals surface area contributed by atoms with E-state index in [2.05, 4.69) is 67.8 Å². The van der Waals surface area contributed by atoms with Crippen LogP contribution in [0.5, 0.6) is 0 Å². The van der Waals surface area contributed by atoms with Gasteiger partial charge in [0.15, 0.2) is 12.6 Å². The first kappa shape index (κ1) is 92.0. The van der Waals surface area contributed by atoms with Crippen molar-refractivity contribution in [2.75, 3.05) is 19.8 Å². The number of unbranched alkanes of at least 4 members (excludes halogenated alkanes) is 50. The average Bonchev–Trinajstić information content (AvgIpc) is 0.793. The molecule has 0 saturated carbocycles. The molecule has 2 heterocycles. The van der Waals surface area contributed by atoms with Gasteiger partial charge in [0, 0.05) is 6.42 Å². The van der Waals surface area contributed by atoms with Crippen molar-refractivity contribution < 1.29 is 64.6 Å². The predicted octanol–water partition coefficient (Wildman–Crippen LogP) is 19.4. The van der Waals surface area contributed by atoms with E-state index in [1.165, 1.54) is 283 Å². The van der Waals surface area contributed by atoms with Crippen molar-refractivity contribution in [3.63, 3.8) is 0 Å². The van der Waals surface area contributed by atoms with Gasteiger partial charge in [0.25, 0.3) is 0 Å². The number of hydrogen-bond acceptors (Lipinski definition) is 13. The van der Waals surface area contributed by atoms with Gasteiger partial charge in [0.2, 0.25) is 5.91 Å². The fourth-order valence-electron chi connectivity index (χ4n) is 14.0. The summed E-state index contributed by atoms with van der Waals surface area (Å²) in [5.74, 6) is -0.197. The highest BCUT2D eigenvalue weighted by Gasteiger charge is 2.51. The molecule has 2 saturated heterocycles. The highest BCUT2D eigenvalue weighted by atomic mass is 16.7. The van der Waals surface area contributed by atoms with E-state index >= 15 is 0 Å². The Morgan fingerprint density at radius 2 is 0.704 bits per heavy atom. The zero-order valence-electron chi connectivity index (χ0n) is 63.3. The molecule has 0 spiro atoms. The molecule has 2 rings (SSSR count). The van der Waals surface area contributed by atoms with Gasteiger partial charge in [-0.2, -0.15) is 0 Å². The van der Waals surface area contributed by atoms with Crippen molar-refractivity contribution in [2.24, 2.45) is 0 Å². The van der Waals surface area contributed by atoms with Gasteiger partial charge in [-0.1, -0.05) is 377 Å². The molecule has 0 aromatic rings. The van der Waals surface area contributed by atoms with E-state index in [9.17, 15) is 45.6 Å². The van der Waals surface area contributed by atoms with Crippen LogP contribution in [-0.2, 0) is 23.7 Å². The number of amides is 1. The van der Waals surface area contributed by atoms with Gasteiger partial charge >= 0.3 is 0 Å². The number of carbonyl (C=O) groups is 1. The van der Waals surface area contributed by atoms with Crippen LogP contribution in [0.25, 0.3) is 0 Å². The smallest absolute Gasteiger partial charge is 0.220 e. The van der Waals surface area contributed by atoms with Crippen LogP contribution in [0.4, 0.5) is 0 Å². The Labute approximate surface area is 601 Å². The first-order chi connectivity index (χ1) is 48.1. The van der Waals surface area contributed by atoms with Gasteiger partial charge in [0.05, 0.1) is 32.0 Å². The Morgan fingerprint density at radius 3 is 1.08 bits per heavy atom. The van der Waals surface area contributed by atoms with Crippen molar-refractivity contribution in [2.45, 2.75) is 460 Å². The van der Waals surface area contributed by atoms with Gasteiger partial charge in [-0.3, -0.25) is 4.79 Å². The maximum atomic E-state index is 13.4. The molecule has 1 amide bonds. The van der Waals surface area contributed by atoms with E-state index in [0.29, 0.717) is 12.8 Å². The molecular weight excluding hydrogens is 1230 g/mol. The monoisotopic (exact) mass is 1390 g/mol. The lowest BCUT2D eigenvalue weighted by atomic mass is 9.97. The summed E-state index contributed by atoms with van der Waals surface area (Å²) in [6.45, 7) is 2.81. The summed E-state index contributed by atoms with van der Waals surface area (Å²) in [7, 11) is 0. The molecule has 0 aromatic heterocycles. The third kappa shape index (κ3) is 50.4. The first-order valence-electron chi connectivity index (χ1n) is 41.9. The topological polar surface area (TPSA) is 228 Å². The summed E-state index contributed by atoms with van der Waals surface area (Å²) >= 11 is 0. The van der Waals surface area contributed by atoms with E-state index in [1.54, 1.807) is 0 Å². The van der Waals surface area contributed by atoms with Crippen LogP contribution in [0.3, 0.4) is 0 Å². The molecule has 2 fully saturated rings. The molecule has 0 aromatic carbocycles. The maximum absolute atomic E-state index is 13.4. The second-order valence-corrected chi connectivity index (χ2v) is 29.6. The molecule has 2 aliphatic heterocycles. The van der Waals surface area contributed by atoms with Crippen LogP contribution in [-0.4, -0.2) is 140 Å². The Kier molecular flexibility index (Phi) is 63.9. The molecule has 0 bridgehead atoms. The van der Waals surface area contributed by atoms with Crippen molar-refractivity contribution in [3.8, 4) is 0 Å². The molecule has 0 radical (unpaired) electrons. The van der Waals surface area contributed by atoms with Crippen LogP contribution >= 0.6 is 0 Å². The number of nitrogens with one attached hydrogen (secondary N) is 1. The molecule has 576 valence electrons. The summed E-state index contributed by atoms with van der Waals surface area (Å²) in [5, 5.41) is 87.9. The fraction of sp³-hybridized carbons (Fsp3) is 0.893. The van der Waals surface area contributed by atoms with E-state index in [-0.39, 0.29) is 12.5 Å². The number of rotatable bonds is 71. The number of allylic oxidation sites excluding steroid dienone is 8. The molecule has 98 heavy (non-hydrogen) atoms. The van der Waals surface area contributed by atoms with Crippen molar-refractivity contribution in [1.82, 2.24) is 5.32 Å². The van der Waals surface area contributed by atoms with Crippen LogP contribution in [0.15, 0.2) is 48.6 Å². The number of aliphatic hydroxyl groups excluding tert-OH is 8. The minimum absolute atomic E-state index is 0.197. The number of ether oxygens (including phenoxy) is 4. The summed E-state index contributed by atoms with van der Waals surface area (Å²) < 4.78 is 23.0. The molecule has 2 aliphatic rings. The van der Waals surface area contributed by atoms with Gasteiger partial charge in [-0.25, -0.2) is 0 Å². The van der Waals surface area contributed by atoms with Gasteiger partial charge in [-0.15, -0.1) is 0 Å². The molecule has 14 nitrogen and oxygen atoms in total. The van der Waals surface area contributed by atoms with Crippen molar-refractivity contribution >= 4 is 5.91 Å².